The number of nitrogens with two attached hydrogens (primary N) is 2. The van der Waals surface area contributed by atoms with E-state index in [2.05, 4.69) is 15.8 Å². The minimum absolute atomic E-state index is 0.0305. The van der Waals surface area contributed by atoms with Crippen molar-refractivity contribution in [3.63, 3.8) is 0 Å². The first-order valence-corrected chi connectivity index (χ1v) is 12.0. The molecule has 38 heavy (non-hydrogen) atoms. The van der Waals surface area contributed by atoms with Gasteiger partial charge in [0, 0.05) is 12.8 Å². The Morgan fingerprint density at radius 2 is 1.92 bits per heavy atom. The Hall–Kier alpha value is -3.93. The first-order valence-electron chi connectivity index (χ1n) is 12.0. The third-order valence-corrected chi connectivity index (χ3v) is 6.88. The topological polar surface area (TPSA) is 133 Å². The van der Waals surface area contributed by atoms with E-state index in [1.807, 2.05) is 18.2 Å². The minimum Gasteiger partial charge on any atom is -0.494 e. The monoisotopic (exact) mass is 533 g/mol. The van der Waals surface area contributed by atoms with Gasteiger partial charge in [0.25, 0.3) is 5.91 Å². The first kappa shape index (κ1) is 27.1. The number of amides is 1. The highest BCUT2D eigenvalue weighted by Gasteiger charge is 2.46. The average Bonchev–Trinajstić information content (AvgIpc) is 3.23. The molecular weight excluding hydrogens is 503 g/mol. The fourth-order valence-electron chi connectivity index (χ4n) is 5.14. The maximum Gasteiger partial charge on any atom is 0.389 e. The fraction of sp³-hybridized carbons (Fsp3) is 0.385. The maximum absolute atomic E-state index is 13.5. The molecule has 9 nitrogen and oxygen atoms in total. The lowest BCUT2D eigenvalue weighted by Gasteiger charge is -2.38. The number of ether oxygens (including phenoxy) is 3. The Bertz CT molecular complexity index is 1280. The van der Waals surface area contributed by atoms with Crippen molar-refractivity contribution in [1.82, 2.24) is 10.7 Å². The number of nitrogens with zero attached hydrogens (tertiary/aromatic N) is 1. The number of rotatable bonds is 8. The number of carbonyl (C=O) groups excluding carboxylic acids is 1. The van der Waals surface area contributed by atoms with Crippen molar-refractivity contribution < 1.29 is 32.2 Å². The predicted molar refractivity (Wildman–Crippen MR) is 135 cm³/mol. The molecule has 1 aliphatic heterocycles. The van der Waals surface area contributed by atoms with Crippen LogP contribution in [0.25, 0.3) is 5.57 Å². The number of nitrogens with one attached hydrogen (secondary N) is 2. The molecular formula is C26H30F3N5O4. The van der Waals surface area contributed by atoms with Crippen molar-refractivity contribution in [1.29, 1.82) is 0 Å². The third-order valence-electron chi connectivity index (χ3n) is 6.88. The number of hydrazone groups is 1. The van der Waals surface area contributed by atoms with Crippen LogP contribution in [0.5, 0.6) is 17.2 Å². The summed E-state index contributed by atoms with van der Waals surface area (Å²) in [5.74, 6) is 12.3. The molecule has 204 valence electrons. The van der Waals surface area contributed by atoms with Gasteiger partial charge in [-0.25, -0.2) is 5.84 Å². The molecule has 0 saturated carbocycles. The quantitative estimate of drug-likeness (QED) is 0.135. The lowest BCUT2D eigenvalue weighted by molar-refractivity contribution is -0.136. The zero-order valence-electron chi connectivity index (χ0n) is 21.1. The standard InChI is InChI=1S/C26H30F3N5O4/c1-36-20-7-4-15(13-21(20)37-2)18-14-25(32-24(35)22(18)23(33-30)34-31)10-8-16-12-17(5-6-19(16)25)38-11-3-9-26(27,28)29/h4-7,12-13H,3,8-11,14,30-31H2,1-2H3,(H,32,35)(H,33,34)/t25-/m0/s1. The number of amidine groups is 1. The molecule has 1 amide bonds. The summed E-state index contributed by atoms with van der Waals surface area (Å²) in [5.41, 5.74) is 5.14. The fourth-order valence-corrected chi connectivity index (χ4v) is 5.14. The van der Waals surface area contributed by atoms with Crippen LogP contribution in [0.2, 0.25) is 0 Å². The smallest absolute Gasteiger partial charge is 0.389 e. The average molecular weight is 534 g/mol. The van der Waals surface area contributed by atoms with E-state index in [0.717, 1.165) is 11.1 Å². The van der Waals surface area contributed by atoms with Gasteiger partial charge in [-0.1, -0.05) is 12.1 Å². The molecule has 1 heterocycles. The summed E-state index contributed by atoms with van der Waals surface area (Å²) in [5, 5.41) is 6.81. The summed E-state index contributed by atoms with van der Waals surface area (Å²) < 4.78 is 53.7. The Balaban J connectivity index is 1.68. The molecule has 0 fully saturated rings. The van der Waals surface area contributed by atoms with Gasteiger partial charge in [0.1, 0.15) is 5.75 Å². The van der Waals surface area contributed by atoms with E-state index in [1.165, 1.54) is 14.2 Å². The lowest BCUT2D eigenvalue weighted by atomic mass is 9.77. The molecule has 0 radical (unpaired) electrons. The second kappa shape index (κ2) is 10.8. The van der Waals surface area contributed by atoms with E-state index in [4.69, 9.17) is 25.9 Å². The van der Waals surface area contributed by atoms with Crippen molar-refractivity contribution in [2.45, 2.75) is 43.8 Å². The Labute approximate surface area is 218 Å². The zero-order chi connectivity index (χ0) is 27.5. The maximum atomic E-state index is 13.5. The largest absolute Gasteiger partial charge is 0.494 e. The normalized spacial score (nSPS) is 19.3. The number of alkyl halides is 3. The highest BCUT2D eigenvalue weighted by Crippen LogP contribution is 2.48. The van der Waals surface area contributed by atoms with Gasteiger partial charge in [0.2, 0.25) is 0 Å². The van der Waals surface area contributed by atoms with E-state index in [-0.39, 0.29) is 24.4 Å². The van der Waals surface area contributed by atoms with E-state index >= 15 is 0 Å². The van der Waals surface area contributed by atoms with Crippen LogP contribution in [0.15, 0.2) is 47.1 Å². The highest BCUT2D eigenvalue weighted by atomic mass is 19.4. The van der Waals surface area contributed by atoms with E-state index in [9.17, 15) is 18.0 Å². The molecule has 2 aromatic rings. The summed E-state index contributed by atoms with van der Waals surface area (Å²) in [6, 6.07) is 10.7. The van der Waals surface area contributed by atoms with Crippen LogP contribution in [0.3, 0.4) is 0 Å². The van der Waals surface area contributed by atoms with Crippen molar-refractivity contribution in [2.24, 2.45) is 16.8 Å². The molecule has 0 aromatic heterocycles. The van der Waals surface area contributed by atoms with E-state index < -0.39 is 24.0 Å². The highest BCUT2D eigenvalue weighted by molar-refractivity contribution is 6.26. The van der Waals surface area contributed by atoms with Crippen LogP contribution in [-0.2, 0) is 16.8 Å². The summed E-state index contributed by atoms with van der Waals surface area (Å²) in [7, 11) is 3.06. The van der Waals surface area contributed by atoms with Crippen molar-refractivity contribution in [3.05, 3.63) is 58.7 Å². The number of methoxy groups -OCH3 is 2. The molecule has 6 N–H and O–H groups in total. The molecule has 0 bridgehead atoms. The summed E-state index contributed by atoms with van der Waals surface area (Å²) in [6.45, 7) is -0.0387. The van der Waals surface area contributed by atoms with Crippen LogP contribution in [0.4, 0.5) is 13.2 Å². The Morgan fingerprint density at radius 3 is 2.58 bits per heavy atom. The molecule has 4 rings (SSSR count). The van der Waals surface area contributed by atoms with Gasteiger partial charge < -0.3 is 30.8 Å². The van der Waals surface area contributed by atoms with Crippen molar-refractivity contribution >= 4 is 17.3 Å². The number of halogens is 3. The first-order chi connectivity index (χ1) is 18.1. The van der Waals surface area contributed by atoms with Gasteiger partial charge in [0.15, 0.2) is 17.3 Å². The Kier molecular flexibility index (Phi) is 7.72. The molecule has 1 aliphatic carbocycles. The predicted octanol–water partition coefficient (Wildman–Crippen LogP) is 3.28. The van der Waals surface area contributed by atoms with Crippen molar-refractivity contribution in [2.75, 3.05) is 20.8 Å². The molecule has 1 spiro atoms. The van der Waals surface area contributed by atoms with Crippen LogP contribution >= 0.6 is 0 Å². The van der Waals surface area contributed by atoms with E-state index in [0.29, 0.717) is 47.6 Å². The number of hydrogen-bond donors (Lipinski definition) is 4. The molecule has 12 heteroatoms. The zero-order valence-corrected chi connectivity index (χ0v) is 21.1. The van der Waals surface area contributed by atoms with E-state index in [1.54, 1.807) is 18.2 Å². The number of carbonyl (C=O) groups is 1. The summed E-state index contributed by atoms with van der Waals surface area (Å²) in [6.07, 6.45) is -3.56. The van der Waals surface area contributed by atoms with Gasteiger partial charge >= 0.3 is 6.18 Å². The second-order valence-corrected chi connectivity index (χ2v) is 9.14. The Morgan fingerprint density at radius 1 is 1.16 bits per heavy atom. The third kappa shape index (κ3) is 5.35. The number of benzene rings is 2. The van der Waals surface area contributed by atoms with Crippen LogP contribution < -0.4 is 36.6 Å². The molecule has 1 atom stereocenters. The van der Waals surface area contributed by atoms with Gasteiger partial charge in [-0.05, 0) is 65.8 Å². The summed E-state index contributed by atoms with van der Waals surface area (Å²) in [4.78, 5) is 13.5. The number of hydrogen-bond acceptors (Lipinski definition) is 7. The SMILES string of the molecule is COc1ccc(C2=C(/C(=N/N)NN)C(=O)N[C@@]3(CCc4cc(OCCCC(F)(F)F)ccc43)C2)cc1OC. The number of hydrazine groups is 1. The van der Waals surface area contributed by atoms with Crippen molar-refractivity contribution in [3.8, 4) is 17.2 Å². The second-order valence-electron chi connectivity index (χ2n) is 9.14. The molecule has 2 aliphatic rings. The minimum atomic E-state index is -4.21. The number of fused-ring (bicyclic) bond motifs is 2. The molecule has 0 unspecified atom stereocenters. The number of aryl methyl sites for hydroxylation is 1. The van der Waals surface area contributed by atoms with Gasteiger partial charge in [-0.15, -0.1) is 0 Å². The van der Waals surface area contributed by atoms with Crippen LogP contribution in [-0.4, -0.2) is 38.7 Å². The van der Waals surface area contributed by atoms with Crippen LogP contribution in [0, 0.1) is 0 Å². The molecule has 2 aromatic carbocycles. The molecule has 0 saturated heterocycles. The lowest BCUT2D eigenvalue weighted by Crippen LogP contribution is -2.51. The van der Waals surface area contributed by atoms with Crippen LogP contribution in [0.1, 0.15) is 42.4 Å². The van der Waals surface area contributed by atoms with Gasteiger partial charge in [-0.3, -0.25) is 4.79 Å². The summed E-state index contributed by atoms with van der Waals surface area (Å²) >= 11 is 0. The van der Waals surface area contributed by atoms with Gasteiger partial charge in [-0.2, -0.15) is 18.3 Å². The van der Waals surface area contributed by atoms with Gasteiger partial charge in [0.05, 0.1) is 31.9 Å².